The summed E-state index contributed by atoms with van der Waals surface area (Å²) < 4.78 is 6.09. The van der Waals surface area contributed by atoms with Crippen molar-refractivity contribution in [1.82, 2.24) is 5.32 Å². The SMILES string of the molecule is CCOC(=O)C1(NC(=O)c2cccc(C)c2I)CCCC1. The van der Waals surface area contributed by atoms with Gasteiger partial charge in [0.25, 0.3) is 5.91 Å². The normalized spacial score (nSPS) is 16.5. The van der Waals surface area contributed by atoms with E-state index < -0.39 is 5.54 Å². The Kier molecular flexibility index (Phi) is 5.24. The molecule has 1 fully saturated rings. The van der Waals surface area contributed by atoms with Gasteiger partial charge in [-0.15, -0.1) is 0 Å². The summed E-state index contributed by atoms with van der Waals surface area (Å²) in [7, 11) is 0. The fourth-order valence-electron chi connectivity index (χ4n) is 2.74. The molecular formula is C16H20INO3. The van der Waals surface area contributed by atoms with Crippen molar-refractivity contribution in [3.63, 3.8) is 0 Å². The zero-order valence-corrected chi connectivity index (χ0v) is 14.5. The molecule has 114 valence electrons. The average Bonchev–Trinajstić information content (AvgIpc) is 2.92. The lowest BCUT2D eigenvalue weighted by Gasteiger charge is -2.28. The molecule has 0 heterocycles. The second-order valence-electron chi connectivity index (χ2n) is 5.40. The summed E-state index contributed by atoms with van der Waals surface area (Å²) in [6.07, 6.45) is 3.17. The van der Waals surface area contributed by atoms with Crippen molar-refractivity contribution >= 4 is 34.5 Å². The second-order valence-corrected chi connectivity index (χ2v) is 6.48. The zero-order chi connectivity index (χ0) is 15.5. The number of carbonyl (C=O) groups is 2. The maximum atomic E-state index is 12.6. The van der Waals surface area contributed by atoms with Crippen LogP contribution >= 0.6 is 22.6 Å². The molecule has 1 aromatic rings. The van der Waals surface area contributed by atoms with Gasteiger partial charge in [0, 0.05) is 3.57 Å². The van der Waals surface area contributed by atoms with Crippen molar-refractivity contribution in [2.75, 3.05) is 6.61 Å². The Bertz CT molecular complexity index is 550. The molecule has 0 unspecified atom stereocenters. The number of benzene rings is 1. The van der Waals surface area contributed by atoms with Crippen LogP contribution in [-0.2, 0) is 9.53 Å². The molecule has 1 saturated carbocycles. The minimum absolute atomic E-state index is 0.196. The Labute approximate surface area is 138 Å². The molecule has 1 aliphatic carbocycles. The van der Waals surface area contributed by atoms with Crippen LogP contribution in [0, 0.1) is 10.5 Å². The molecule has 2 rings (SSSR count). The second kappa shape index (κ2) is 6.77. The molecule has 21 heavy (non-hydrogen) atoms. The van der Waals surface area contributed by atoms with Gasteiger partial charge in [0.2, 0.25) is 0 Å². The van der Waals surface area contributed by atoms with E-state index in [0.717, 1.165) is 22.0 Å². The van der Waals surface area contributed by atoms with E-state index in [9.17, 15) is 9.59 Å². The first-order valence-corrected chi connectivity index (χ1v) is 8.33. The van der Waals surface area contributed by atoms with Crippen LogP contribution in [-0.4, -0.2) is 24.0 Å². The van der Waals surface area contributed by atoms with E-state index >= 15 is 0 Å². The number of nitrogens with one attached hydrogen (secondary N) is 1. The molecule has 0 atom stereocenters. The van der Waals surface area contributed by atoms with Crippen molar-refractivity contribution in [1.29, 1.82) is 0 Å². The Morgan fingerprint density at radius 2 is 2.00 bits per heavy atom. The lowest BCUT2D eigenvalue weighted by molar-refractivity contribution is -0.150. The van der Waals surface area contributed by atoms with Crippen LogP contribution in [0.15, 0.2) is 18.2 Å². The van der Waals surface area contributed by atoms with Crippen molar-refractivity contribution in [2.45, 2.75) is 45.1 Å². The molecule has 0 aliphatic heterocycles. The summed E-state index contributed by atoms with van der Waals surface area (Å²) in [5, 5.41) is 2.94. The molecule has 1 amide bonds. The van der Waals surface area contributed by atoms with Crippen LogP contribution in [0.1, 0.15) is 48.5 Å². The molecule has 1 N–H and O–H groups in total. The number of hydrogen-bond acceptors (Lipinski definition) is 3. The van der Waals surface area contributed by atoms with Gasteiger partial charge in [-0.25, -0.2) is 4.79 Å². The number of ether oxygens (including phenoxy) is 1. The fourth-order valence-corrected chi connectivity index (χ4v) is 3.34. The van der Waals surface area contributed by atoms with Crippen molar-refractivity contribution < 1.29 is 14.3 Å². The molecule has 0 spiro atoms. The summed E-state index contributed by atoms with van der Waals surface area (Å²) >= 11 is 2.17. The third-order valence-corrected chi connectivity index (χ3v) is 5.34. The predicted molar refractivity (Wildman–Crippen MR) is 89.2 cm³/mol. The topological polar surface area (TPSA) is 55.4 Å². The lowest BCUT2D eigenvalue weighted by Crippen LogP contribution is -2.53. The standard InChI is InChI=1S/C16H20INO3/c1-3-21-15(20)16(9-4-5-10-16)18-14(19)12-8-6-7-11(2)13(12)17/h6-8H,3-5,9-10H2,1-2H3,(H,18,19). The van der Waals surface area contributed by atoms with E-state index in [1.165, 1.54) is 0 Å². The molecule has 1 aliphatic rings. The van der Waals surface area contributed by atoms with Gasteiger partial charge in [-0.05, 0) is 60.9 Å². The van der Waals surface area contributed by atoms with Crippen LogP contribution < -0.4 is 5.32 Å². The van der Waals surface area contributed by atoms with Crippen LogP contribution in [0.2, 0.25) is 0 Å². The number of halogens is 1. The van der Waals surface area contributed by atoms with Crippen LogP contribution in [0.4, 0.5) is 0 Å². The van der Waals surface area contributed by atoms with Gasteiger partial charge in [0.1, 0.15) is 5.54 Å². The summed E-state index contributed by atoms with van der Waals surface area (Å²) in [6.45, 7) is 4.08. The van der Waals surface area contributed by atoms with Crippen LogP contribution in [0.25, 0.3) is 0 Å². The minimum Gasteiger partial charge on any atom is -0.464 e. The highest BCUT2D eigenvalue weighted by Crippen LogP contribution is 2.31. The summed E-state index contributed by atoms with van der Waals surface area (Å²) in [5.41, 5.74) is 0.825. The largest absolute Gasteiger partial charge is 0.464 e. The number of aryl methyl sites for hydroxylation is 1. The minimum atomic E-state index is -0.847. The molecule has 1 aromatic carbocycles. The number of rotatable bonds is 4. The monoisotopic (exact) mass is 401 g/mol. The Morgan fingerprint density at radius 3 is 2.62 bits per heavy atom. The van der Waals surface area contributed by atoms with Gasteiger partial charge in [-0.1, -0.05) is 25.0 Å². The summed E-state index contributed by atoms with van der Waals surface area (Å²) in [5.74, 6) is -0.503. The molecule has 0 saturated heterocycles. The van der Waals surface area contributed by atoms with Gasteiger partial charge in [-0.3, -0.25) is 4.79 Å². The van der Waals surface area contributed by atoms with E-state index in [-0.39, 0.29) is 11.9 Å². The van der Waals surface area contributed by atoms with Gasteiger partial charge >= 0.3 is 5.97 Å². The van der Waals surface area contributed by atoms with Gasteiger partial charge in [0.15, 0.2) is 0 Å². The smallest absolute Gasteiger partial charge is 0.331 e. The lowest BCUT2D eigenvalue weighted by atomic mass is 9.97. The summed E-state index contributed by atoms with van der Waals surface area (Å²) in [4.78, 5) is 24.8. The maximum absolute atomic E-state index is 12.6. The zero-order valence-electron chi connectivity index (χ0n) is 12.4. The number of hydrogen-bond donors (Lipinski definition) is 1. The third kappa shape index (κ3) is 3.39. The maximum Gasteiger partial charge on any atom is 0.331 e. The van der Waals surface area contributed by atoms with Crippen LogP contribution in [0.3, 0.4) is 0 Å². The highest BCUT2D eigenvalue weighted by atomic mass is 127. The van der Waals surface area contributed by atoms with Gasteiger partial charge < -0.3 is 10.1 Å². The van der Waals surface area contributed by atoms with Crippen molar-refractivity contribution in [3.05, 3.63) is 32.9 Å². The number of esters is 1. The molecule has 0 radical (unpaired) electrons. The van der Waals surface area contributed by atoms with Gasteiger partial charge in [0.05, 0.1) is 12.2 Å². The molecule has 0 aromatic heterocycles. The highest BCUT2D eigenvalue weighted by Gasteiger charge is 2.44. The number of carbonyl (C=O) groups excluding carboxylic acids is 2. The van der Waals surface area contributed by atoms with Crippen molar-refractivity contribution in [2.24, 2.45) is 0 Å². The number of amides is 1. The molecular weight excluding hydrogens is 381 g/mol. The first-order valence-electron chi connectivity index (χ1n) is 7.25. The van der Waals surface area contributed by atoms with E-state index in [1.54, 1.807) is 13.0 Å². The molecule has 0 bridgehead atoms. The van der Waals surface area contributed by atoms with Crippen LogP contribution in [0.5, 0.6) is 0 Å². The molecule has 4 nitrogen and oxygen atoms in total. The summed E-state index contributed by atoms with van der Waals surface area (Å²) in [6, 6.07) is 5.62. The third-order valence-electron chi connectivity index (χ3n) is 3.91. The quantitative estimate of drug-likeness (QED) is 0.623. The van der Waals surface area contributed by atoms with Crippen molar-refractivity contribution in [3.8, 4) is 0 Å². The van der Waals surface area contributed by atoms with E-state index in [1.807, 2.05) is 19.1 Å². The Morgan fingerprint density at radius 1 is 1.33 bits per heavy atom. The predicted octanol–water partition coefficient (Wildman–Crippen LogP) is 3.21. The highest BCUT2D eigenvalue weighted by molar-refractivity contribution is 14.1. The van der Waals surface area contributed by atoms with E-state index in [0.29, 0.717) is 25.0 Å². The Hall–Kier alpha value is -1.11. The fraction of sp³-hybridized carbons (Fsp3) is 0.500. The first-order chi connectivity index (χ1) is 10.00. The van der Waals surface area contributed by atoms with Gasteiger partial charge in [-0.2, -0.15) is 0 Å². The molecule has 5 heteroatoms. The van der Waals surface area contributed by atoms with E-state index in [4.69, 9.17) is 4.74 Å². The first kappa shape index (κ1) is 16.3. The Balaban J connectivity index is 2.23. The average molecular weight is 401 g/mol. The van der Waals surface area contributed by atoms with E-state index in [2.05, 4.69) is 27.9 Å².